The number of rotatable bonds is 8. The van der Waals surface area contributed by atoms with Gasteiger partial charge in [-0.1, -0.05) is 0 Å². The monoisotopic (exact) mass is 334 g/mol. The molecule has 0 aliphatic heterocycles. The predicted octanol–water partition coefficient (Wildman–Crippen LogP) is 1.74. The summed E-state index contributed by atoms with van der Waals surface area (Å²) in [4.78, 5) is 0. The Bertz CT molecular complexity index is 766. The summed E-state index contributed by atoms with van der Waals surface area (Å²) >= 11 is 0. The average molecular weight is 334 g/mol. The summed E-state index contributed by atoms with van der Waals surface area (Å²) in [5, 5.41) is 3.98. The molecule has 1 saturated carbocycles. The maximum Gasteiger partial charge on any atom is 0.214 e. The largest absolute Gasteiger partial charge is 0.494 e. The van der Waals surface area contributed by atoms with Gasteiger partial charge in [-0.25, -0.2) is 13.1 Å². The van der Waals surface area contributed by atoms with E-state index in [1.165, 1.54) is 0 Å². The molecule has 123 valence electrons. The van der Waals surface area contributed by atoms with Gasteiger partial charge in [0, 0.05) is 25.4 Å². The van der Waals surface area contributed by atoms with Gasteiger partial charge in [0.2, 0.25) is 10.0 Å². The van der Waals surface area contributed by atoms with Crippen LogP contribution in [0.15, 0.2) is 30.6 Å². The minimum atomic E-state index is -3.09. The average Bonchev–Trinajstić information content (AvgIpc) is 3.30. The van der Waals surface area contributed by atoms with E-state index in [1.807, 2.05) is 25.4 Å². The van der Waals surface area contributed by atoms with E-state index in [0.717, 1.165) is 29.7 Å². The quantitative estimate of drug-likeness (QED) is 0.746. The third-order valence-corrected chi connectivity index (χ3v) is 5.61. The summed E-state index contributed by atoms with van der Waals surface area (Å²) in [5.41, 5.74) is 2.00. The molecular formula is C16H20N3O3S. The zero-order valence-electron chi connectivity index (χ0n) is 13.0. The lowest BCUT2D eigenvalue weighted by Crippen LogP contribution is -2.28. The van der Waals surface area contributed by atoms with E-state index in [9.17, 15) is 8.42 Å². The zero-order valence-corrected chi connectivity index (χ0v) is 13.8. The SMILES string of the molecule is Cn1cc(-c2c[c]cc(OCCCNS(=O)(=O)C3CC3)c2)cn1. The van der Waals surface area contributed by atoms with Crippen LogP contribution in [0.5, 0.6) is 5.75 Å². The fourth-order valence-electron chi connectivity index (χ4n) is 2.24. The summed E-state index contributed by atoms with van der Waals surface area (Å²) in [7, 11) is -1.22. The van der Waals surface area contributed by atoms with Crippen LogP contribution < -0.4 is 9.46 Å². The smallest absolute Gasteiger partial charge is 0.214 e. The van der Waals surface area contributed by atoms with Gasteiger partial charge < -0.3 is 4.74 Å². The topological polar surface area (TPSA) is 73.2 Å². The summed E-state index contributed by atoms with van der Waals surface area (Å²) in [6.45, 7) is 0.863. The van der Waals surface area contributed by atoms with Crippen LogP contribution >= 0.6 is 0 Å². The first kappa shape index (κ1) is 16.0. The van der Waals surface area contributed by atoms with Crippen molar-refractivity contribution in [2.45, 2.75) is 24.5 Å². The van der Waals surface area contributed by atoms with Crippen molar-refractivity contribution in [1.82, 2.24) is 14.5 Å². The van der Waals surface area contributed by atoms with E-state index in [1.54, 1.807) is 16.9 Å². The lowest BCUT2D eigenvalue weighted by Gasteiger charge is -2.08. The Morgan fingerprint density at radius 2 is 2.22 bits per heavy atom. The third kappa shape index (κ3) is 4.33. The maximum absolute atomic E-state index is 11.7. The van der Waals surface area contributed by atoms with Gasteiger partial charge in [0.15, 0.2) is 0 Å². The number of sulfonamides is 1. The molecule has 0 amide bonds. The Morgan fingerprint density at radius 3 is 2.91 bits per heavy atom. The second-order valence-corrected chi connectivity index (χ2v) is 7.75. The Kier molecular flexibility index (Phi) is 4.68. The van der Waals surface area contributed by atoms with E-state index in [2.05, 4.69) is 15.9 Å². The van der Waals surface area contributed by atoms with Crippen molar-refractivity contribution < 1.29 is 13.2 Å². The molecule has 0 bridgehead atoms. The van der Waals surface area contributed by atoms with Gasteiger partial charge in [-0.2, -0.15) is 5.10 Å². The summed E-state index contributed by atoms with van der Waals surface area (Å²) in [6, 6.07) is 8.64. The highest BCUT2D eigenvalue weighted by atomic mass is 32.2. The standard InChI is InChI=1S/C16H20N3O3S/c1-19-12-14(11-17-19)13-4-2-5-15(10-13)22-9-3-8-18-23(20,21)16-6-7-16/h4-5,10-12,16,18H,3,6-9H2,1H3. The van der Waals surface area contributed by atoms with Crippen LogP contribution in [-0.4, -0.2) is 36.6 Å². The molecular weight excluding hydrogens is 314 g/mol. The van der Waals surface area contributed by atoms with E-state index in [4.69, 9.17) is 4.74 Å². The van der Waals surface area contributed by atoms with Gasteiger partial charge in [-0.3, -0.25) is 4.68 Å². The number of hydrogen-bond donors (Lipinski definition) is 1. The summed E-state index contributed by atoms with van der Waals surface area (Å²) < 4.78 is 33.4. The molecule has 6 nitrogen and oxygen atoms in total. The first-order valence-electron chi connectivity index (χ1n) is 7.66. The minimum absolute atomic E-state index is 0.172. The Morgan fingerprint density at radius 1 is 1.39 bits per heavy atom. The van der Waals surface area contributed by atoms with Crippen LogP contribution in [0.3, 0.4) is 0 Å². The first-order chi connectivity index (χ1) is 11.0. The van der Waals surface area contributed by atoms with E-state index in [-0.39, 0.29) is 5.25 Å². The molecule has 1 fully saturated rings. The molecule has 1 aliphatic carbocycles. The predicted molar refractivity (Wildman–Crippen MR) is 87.5 cm³/mol. The molecule has 0 saturated heterocycles. The van der Waals surface area contributed by atoms with Crippen LogP contribution in [0.2, 0.25) is 0 Å². The Balaban J connectivity index is 1.47. The molecule has 3 rings (SSSR count). The number of nitrogens with one attached hydrogen (secondary N) is 1. The summed E-state index contributed by atoms with van der Waals surface area (Å²) in [5.74, 6) is 0.719. The molecule has 7 heteroatoms. The van der Waals surface area contributed by atoms with Crippen LogP contribution in [0.1, 0.15) is 19.3 Å². The van der Waals surface area contributed by atoms with E-state index >= 15 is 0 Å². The fourth-order valence-corrected chi connectivity index (χ4v) is 3.66. The molecule has 1 aliphatic rings. The number of benzene rings is 1. The molecule has 0 unspecified atom stereocenters. The number of nitrogens with zero attached hydrogens (tertiary/aromatic N) is 2. The minimum Gasteiger partial charge on any atom is -0.494 e. The highest BCUT2D eigenvalue weighted by Gasteiger charge is 2.35. The molecule has 1 N–H and O–H groups in total. The lowest BCUT2D eigenvalue weighted by molar-refractivity contribution is 0.311. The maximum atomic E-state index is 11.7. The number of hydrogen-bond acceptors (Lipinski definition) is 4. The number of aryl methyl sites for hydroxylation is 1. The van der Waals surface area contributed by atoms with Gasteiger partial charge in [-0.15, -0.1) is 0 Å². The molecule has 1 aromatic carbocycles. The summed E-state index contributed by atoms with van der Waals surface area (Å²) in [6.07, 6.45) is 5.91. The third-order valence-electron chi connectivity index (χ3n) is 3.66. The number of aromatic nitrogens is 2. The molecule has 23 heavy (non-hydrogen) atoms. The number of ether oxygens (including phenoxy) is 1. The molecule has 1 heterocycles. The van der Waals surface area contributed by atoms with Crippen molar-refractivity contribution in [1.29, 1.82) is 0 Å². The Hall–Kier alpha value is -1.86. The van der Waals surface area contributed by atoms with E-state index < -0.39 is 10.0 Å². The Labute approximate surface area is 136 Å². The molecule has 0 spiro atoms. The van der Waals surface area contributed by atoms with Crippen molar-refractivity contribution in [2.24, 2.45) is 7.05 Å². The van der Waals surface area contributed by atoms with Crippen LogP contribution in [0.4, 0.5) is 0 Å². The molecule has 2 aromatic rings. The van der Waals surface area contributed by atoms with Crippen molar-refractivity contribution in [2.75, 3.05) is 13.2 Å². The van der Waals surface area contributed by atoms with Crippen molar-refractivity contribution in [3.05, 3.63) is 36.7 Å². The van der Waals surface area contributed by atoms with Crippen LogP contribution in [0, 0.1) is 6.07 Å². The second kappa shape index (κ2) is 6.72. The van der Waals surface area contributed by atoms with Crippen molar-refractivity contribution in [3.8, 4) is 16.9 Å². The highest BCUT2D eigenvalue weighted by Crippen LogP contribution is 2.27. The normalized spacial score (nSPS) is 14.8. The first-order valence-corrected chi connectivity index (χ1v) is 9.21. The van der Waals surface area contributed by atoms with Crippen molar-refractivity contribution in [3.63, 3.8) is 0 Å². The van der Waals surface area contributed by atoms with Gasteiger partial charge >= 0.3 is 0 Å². The lowest BCUT2D eigenvalue weighted by atomic mass is 10.1. The second-order valence-electron chi connectivity index (χ2n) is 5.70. The molecule has 1 aromatic heterocycles. The zero-order chi connectivity index (χ0) is 16.3. The fraction of sp³-hybridized carbons (Fsp3) is 0.438. The highest BCUT2D eigenvalue weighted by molar-refractivity contribution is 7.90. The van der Waals surface area contributed by atoms with Crippen LogP contribution in [0.25, 0.3) is 11.1 Å². The van der Waals surface area contributed by atoms with Crippen molar-refractivity contribution >= 4 is 10.0 Å². The van der Waals surface area contributed by atoms with Gasteiger partial charge in [0.25, 0.3) is 0 Å². The van der Waals surface area contributed by atoms with E-state index in [0.29, 0.717) is 19.6 Å². The van der Waals surface area contributed by atoms with Gasteiger partial charge in [0.05, 0.1) is 18.1 Å². The van der Waals surface area contributed by atoms with Gasteiger partial charge in [0.1, 0.15) is 5.75 Å². The molecule has 1 radical (unpaired) electrons. The van der Waals surface area contributed by atoms with Crippen LogP contribution in [-0.2, 0) is 17.1 Å². The van der Waals surface area contributed by atoms with Gasteiger partial charge in [-0.05, 0) is 49.1 Å². The molecule has 0 atom stereocenters.